The van der Waals surface area contributed by atoms with Crippen molar-refractivity contribution in [2.75, 3.05) is 18.0 Å². The first-order valence-electron chi connectivity index (χ1n) is 9.89. The molecule has 0 radical (unpaired) electrons. The van der Waals surface area contributed by atoms with Crippen LogP contribution in [0.2, 0.25) is 0 Å². The SMILES string of the molecule is CC(C)c1cc(=O)n(CC2CCN(c3ccc(C(C)(C)C)nn3)CC2)cn1. The van der Waals surface area contributed by atoms with Crippen molar-refractivity contribution in [3.63, 3.8) is 0 Å². The third-order valence-corrected chi connectivity index (χ3v) is 5.30. The molecule has 6 heteroatoms. The van der Waals surface area contributed by atoms with Gasteiger partial charge in [0.25, 0.3) is 5.56 Å². The van der Waals surface area contributed by atoms with Crippen LogP contribution in [0.1, 0.15) is 64.8 Å². The van der Waals surface area contributed by atoms with Crippen molar-refractivity contribution in [2.24, 2.45) is 5.92 Å². The summed E-state index contributed by atoms with van der Waals surface area (Å²) in [6, 6.07) is 5.83. The van der Waals surface area contributed by atoms with Crippen molar-refractivity contribution in [1.82, 2.24) is 19.7 Å². The Morgan fingerprint density at radius 3 is 2.37 bits per heavy atom. The maximum Gasteiger partial charge on any atom is 0.253 e. The van der Waals surface area contributed by atoms with Gasteiger partial charge in [-0.1, -0.05) is 34.6 Å². The number of aromatic nitrogens is 4. The molecule has 2 aromatic heterocycles. The average molecular weight is 370 g/mol. The molecule has 0 spiro atoms. The summed E-state index contributed by atoms with van der Waals surface area (Å²) in [4.78, 5) is 19.0. The van der Waals surface area contributed by atoms with Crippen molar-refractivity contribution in [3.8, 4) is 0 Å². The van der Waals surface area contributed by atoms with Gasteiger partial charge in [-0.2, -0.15) is 5.10 Å². The van der Waals surface area contributed by atoms with Crippen molar-refractivity contribution >= 4 is 5.82 Å². The van der Waals surface area contributed by atoms with Gasteiger partial charge in [-0.05, 0) is 36.8 Å². The summed E-state index contributed by atoms with van der Waals surface area (Å²) < 4.78 is 1.75. The molecule has 3 rings (SSSR count). The quantitative estimate of drug-likeness (QED) is 0.827. The van der Waals surface area contributed by atoms with Gasteiger partial charge in [0, 0.05) is 31.1 Å². The molecule has 0 aliphatic carbocycles. The van der Waals surface area contributed by atoms with Crippen LogP contribution in [0, 0.1) is 5.92 Å². The molecule has 0 unspecified atom stereocenters. The van der Waals surface area contributed by atoms with Gasteiger partial charge < -0.3 is 4.90 Å². The highest BCUT2D eigenvalue weighted by molar-refractivity contribution is 5.38. The molecule has 0 atom stereocenters. The second-order valence-electron chi connectivity index (χ2n) is 8.92. The standard InChI is InChI=1S/C21H31N5O/c1-15(2)17-12-20(27)26(14-22-17)13-16-8-10-25(11-9-16)19-7-6-18(23-24-19)21(3,4)5/h6-7,12,14-16H,8-11,13H2,1-5H3. The van der Waals surface area contributed by atoms with E-state index in [2.05, 4.69) is 66.8 Å². The van der Waals surface area contributed by atoms with E-state index in [1.54, 1.807) is 17.0 Å². The van der Waals surface area contributed by atoms with Gasteiger partial charge in [0.15, 0.2) is 5.82 Å². The highest BCUT2D eigenvalue weighted by Crippen LogP contribution is 2.24. The zero-order valence-corrected chi connectivity index (χ0v) is 17.1. The molecule has 0 saturated carbocycles. The average Bonchev–Trinajstić information content (AvgIpc) is 2.63. The van der Waals surface area contributed by atoms with Crippen LogP contribution in [0.25, 0.3) is 0 Å². The molecule has 2 aromatic rings. The first-order valence-corrected chi connectivity index (χ1v) is 9.89. The smallest absolute Gasteiger partial charge is 0.253 e. The Hall–Kier alpha value is -2.24. The Morgan fingerprint density at radius 1 is 1.15 bits per heavy atom. The van der Waals surface area contributed by atoms with E-state index in [-0.39, 0.29) is 16.9 Å². The maximum absolute atomic E-state index is 12.3. The van der Waals surface area contributed by atoms with Gasteiger partial charge in [0.1, 0.15) is 0 Å². The highest BCUT2D eigenvalue weighted by atomic mass is 16.1. The van der Waals surface area contributed by atoms with E-state index in [9.17, 15) is 4.79 Å². The Bertz CT molecular complexity index is 812. The van der Waals surface area contributed by atoms with Crippen LogP contribution < -0.4 is 10.5 Å². The van der Waals surface area contributed by atoms with E-state index in [0.29, 0.717) is 5.92 Å². The largest absolute Gasteiger partial charge is 0.355 e. The first-order chi connectivity index (χ1) is 12.7. The van der Waals surface area contributed by atoms with Gasteiger partial charge in [0.05, 0.1) is 17.7 Å². The van der Waals surface area contributed by atoms with E-state index in [1.165, 1.54) is 0 Å². The van der Waals surface area contributed by atoms with Crippen molar-refractivity contribution in [3.05, 3.63) is 46.3 Å². The molecule has 0 bridgehead atoms. The minimum atomic E-state index is 0.0188. The molecule has 1 aliphatic rings. The second-order valence-corrected chi connectivity index (χ2v) is 8.92. The molecule has 1 saturated heterocycles. The van der Waals surface area contributed by atoms with Gasteiger partial charge >= 0.3 is 0 Å². The fourth-order valence-electron chi connectivity index (χ4n) is 3.41. The molecule has 1 fully saturated rings. The summed E-state index contributed by atoms with van der Waals surface area (Å²) in [5.74, 6) is 1.72. The molecule has 0 aromatic carbocycles. The Balaban J connectivity index is 1.58. The topological polar surface area (TPSA) is 63.9 Å². The van der Waals surface area contributed by atoms with Crippen LogP contribution in [-0.2, 0) is 12.0 Å². The summed E-state index contributed by atoms with van der Waals surface area (Å²) >= 11 is 0. The van der Waals surface area contributed by atoms with Crippen LogP contribution >= 0.6 is 0 Å². The lowest BCUT2D eigenvalue weighted by atomic mass is 9.92. The molecule has 0 N–H and O–H groups in total. The van der Waals surface area contributed by atoms with E-state index in [0.717, 1.165) is 49.7 Å². The Kier molecular flexibility index (Phi) is 5.63. The number of rotatable bonds is 4. The molecule has 0 amide bonds. The second kappa shape index (κ2) is 7.79. The zero-order chi connectivity index (χ0) is 19.6. The zero-order valence-electron chi connectivity index (χ0n) is 17.1. The third kappa shape index (κ3) is 4.73. The van der Waals surface area contributed by atoms with E-state index in [1.807, 2.05) is 0 Å². The van der Waals surface area contributed by atoms with E-state index in [4.69, 9.17) is 0 Å². The molecule has 3 heterocycles. The van der Waals surface area contributed by atoms with Crippen molar-refractivity contribution < 1.29 is 0 Å². The minimum Gasteiger partial charge on any atom is -0.355 e. The van der Waals surface area contributed by atoms with Crippen LogP contribution in [0.3, 0.4) is 0 Å². The lowest BCUT2D eigenvalue weighted by molar-refractivity contribution is 0.349. The summed E-state index contributed by atoms with van der Waals surface area (Å²) in [5, 5.41) is 8.83. The Morgan fingerprint density at radius 2 is 1.85 bits per heavy atom. The maximum atomic E-state index is 12.3. The van der Waals surface area contributed by atoms with E-state index < -0.39 is 0 Å². The fourth-order valence-corrected chi connectivity index (χ4v) is 3.41. The number of nitrogens with zero attached hydrogens (tertiary/aromatic N) is 5. The lowest BCUT2D eigenvalue weighted by Crippen LogP contribution is -2.37. The van der Waals surface area contributed by atoms with Gasteiger partial charge in [-0.3, -0.25) is 9.36 Å². The predicted octanol–water partition coefficient (Wildman–Crippen LogP) is 3.37. The number of piperidine rings is 1. The third-order valence-electron chi connectivity index (χ3n) is 5.30. The summed E-state index contributed by atoms with van der Waals surface area (Å²) in [6.07, 6.45) is 3.79. The van der Waals surface area contributed by atoms with Crippen LogP contribution in [0.4, 0.5) is 5.82 Å². The molecule has 146 valence electrons. The van der Waals surface area contributed by atoms with Crippen molar-refractivity contribution in [2.45, 2.75) is 65.3 Å². The lowest BCUT2D eigenvalue weighted by Gasteiger charge is -2.33. The van der Waals surface area contributed by atoms with E-state index >= 15 is 0 Å². The molecule has 6 nitrogen and oxygen atoms in total. The van der Waals surface area contributed by atoms with Crippen LogP contribution in [0.15, 0.2) is 29.3 Å². The predicted molar refractivity (Wildman–Crippen MR) is 108 cm³/mol. The molecule has 1 aliphatic heterocycles. The molecular formula is C21H31N5O. The summed E-state index contributed by atoms with van der Waals surface area (Å²) in [6.45, 7) is 13.2. The number of hydrogen-bond acceptors (Lipinski definition) is 5. The van der Waals surface area contributed by atoms with Gasteiger partial charge in [-0.15, -0.1) is 5.10 Å². The fraction of sp³-hybridized carbons (Fsp3) is 0.619. The highest BCUT2D eigenvalue weighted by Gasteiger charge is 2.22. The molecule has 27 heavy (non-hydrogen) atoms. The number of anilines is 1. The summed E-state index contributed by atoms with van der Waals surface area (Å²) in [5.41, 5.74) is 1.95. The van der Waals surface area contributed by atoms with Crippen molar-refractivity contribution in [1.29, 1.82) is 0 Å². The normalized spacial score (nSPS) is 16.1. The van der Waals surface area contributed by atoms with Gasteiger partial charge in [0.2, 0.25) is 0 Å². The monoisotopic (exact) mass is 369 g/mol. The summed E-state index contributed by atoms with van der Waals surface area (Å²) in [7, 11) is 0. The van der Waals surface area contributed by atoms with Gasteiger partial charge in [-0.25, -0.2) is 4.98 Å². The molecular weight excluding hydrogens is 338 g/mol. The first kappa shape index (κ1) is 19.5. The van der Waals surface area contributed by atoms with Crippen LogP contribution in [0.5, 0.6) is 0 Å². The van der Waals surface area contributed by atoms with Crippen LogP contribution in [-0.4, -0.2) is 32.8 Å². The minimum absolute atomic E-state index is 0.0188. The number of hydrogen-bond donors (Lipinski definition) is 0. The Labute approximate surface area is 161 Å².